The van der Waals surface area contributed by atoms with Crippen LogP contribution in [-0.4, -0.2) is 46.3 Å². The molecule has 1 aliphatic rings. The molecule has 1 heterocycles. The average molecular weight is 463 g/mol. The van der Waals surface area contributed by atoms with Gasteiger partial charge in [0.2, 0.25) is 0 Å². The molecule has 2 aromatic carbocycles. The van der Waals surface area contributed by atoms with Gasteiger partial charge in [0.15, 0.2) is 16.7 Å². The Morgan fingerprint density at radius 1 is 1.29 bits per heavy atom. The number of amidine groups is 1. The Morgan fingerprint density at radius 3 is 2.57 bits per heavy atom. The van der Waals surface area contributed by atoms with Crippen LogP contribution in [0.1, 0.15) is 15.9 Å². The predicted molar refractivity (Wildman–Crippen MR) is 111 cm³/mol. The number of ether oxygens (including phenoxy) is 1. The molecule has 1 fully saturated rings. The van der Waals surface area contributed by atoms with Crippen LogP contribution in [-0.2, 0) is 4.79 Å². The molecular formula is C19H15BrN2O5S. The van der Waals surface area contributed by atoms with Crippen molar-refractivity contribution in [3.8, 4) is 11.5 Å². The minimum absolute atomic E-state index is 0.0146. The molecule has 1 saturated heterocycles. The monoisotopic (exact) mass is 462 g/mol. The number of phenolic OH excluding ortho intramolecular Hbond substituents is 1. The minimum atomic E-state index is -1.01. The van der Waals surface area contributed by atoms with E-state index in [0.29, 0.717) is 25.8 Å². The maximum atomic E-state index is 12.5. The van der Waals surface area contributed by atoms with Gasteiger partial charge in [0, 0.05) is 7.05 Å². The van der Waals surface area contributed by atoms with Crippen molar-refractivity contribution < 1.29 is 24.5 Å². The topological polar surface area (TPSA) is 99.4 Å². The minimum Gasteiger partial charge on any atom is -0.503 e. The SMILES string of the molecule is COc1cc(/C=C2\SC(=Nc3ccc(C(=O)O)cc3)N(C)C2=O)cc(Br)c1O. The van der Waals surface area contributed by atoms with Crippen molar-refractivity contribution in [2.24, 2.45) is 4.99 Å². The molecule has 0 spiro atoms. The summed E-state index contributed by atoms with van der Waals surface area (Å²) in [5.74, 6) is -0.951. The Balaban J connectivity index is 1.90. The van der Waals surface area contributed by atoms with Crippen LogP contribution in [0.15, 0.2) is 50.8 Å². The summed E-state index contributed by atoms with van der Waals surface area (Å²) in [4.78, 5) is 29.8. The second kappa shape index (κ2) is 8.07. The van der Waals surface area contributed by atoms with Crippen LogP contribution >= 0.6 is 27.7 Å². The third-order valence-electron chi connectivity index (χ3n) is 3.91. The number of carbonyl (C=O) groups excluding carboxylic acids is 1. The van der Waals surface area contributed by atoms with E-state index in [-0.39, 0.29) is 23.0 Å². The van der Waals surface area contributed by atoms with Gasteiger partial charge >= 0.3 is 5.97 Å². The van der Waals surface area contributed by atoms with Gasteiger partial charge in [-0.2, -0.15) is 0 Å². The second-order valence-corrected chi connectivity index (χ2v) is 7.64. The molecule has 3 rings (SSSR count). The molecule has 0 unspecified atom stereocenters. The standard InChI is InChI=1S/C19H15BrN2O5S/c1-22-17(24)15(9-10-7-13(20)16(23)14(8-10)27-2)28-19(22)21-12-5-3-11(4-6-12)18(25)26/h3-9,23H,1-2H3,(H,25,26)/b15-9-,21-19?. The number of phenols is 1. The first-order valence-corrected chi connectivity index (χ1v) is 9.57. The maximum absolute atomic E-state index is 12.5. The van der Waals surface area contributed by atoms with Crippen molar-refractivity contribution in [3.63, 3.8) is 0 Å². The number of carboxylic acids is 1. The van der Waals surface area contributed by atoms with Crippen LogP contribution in [0, 0.1) is 0 Å². The zero-order chi connectivity index (χ0) is 20.4. The molecule has 0 atom stereocenters. The third kappa shape index (κ3) is 4.05. The summed E-state index contributed by atoms with van der Waals surface area (Å²) in [5, 5.41) is 19.3. The number of likely N-dealkylation sites (N-methyl/N-ethyl adjacent to an activating group) is 1. The Kier molecular flexibility index (Phi) is 5.76. The number of aromatic carboxylic acids is 1. The molecule has 9 heteroatoms. The van der Waals surface area contributed by atoms with Gasteiger partial charge in [0.25, 0.3) is 5.91 Å². The number of amides is 1. The second-order valence-electron chi connectivity index (χ2n) is 5.77. The van der Waals surface area contributed by atoms with Crippen LogP contribution in [0.25, 0.3) is 6.08 Å². The summed E-state index contributed by atoms with van der Waals surface area (Å²) in [6, 6.07) is 9.39. The summed E-state index contributed by atoms with van der Waals surface area (Å²) in [6.45, 7) is 0. The van der Waals surface area contributed by atoms with E-state index in [9.17, 15) is 14.7 Å². The molecule has 0 saturated carbocycles. The van der Waals surface area contributed by atoms with Gasteiger partial charge in [-0.15, -0.1) is 0 Å². The number of nitrogens with zero attached hydrogens (tertiary/aromatic N) is 2. The molecule has 144 valence electrons. The fourth-order valence-electron chi connectivity index (χ4n) is 2.42. The van der Waals surface area contributed by atoms with E-state index in [0.717, 1.165) is 0 Å². The highest BCUT2D eigenvalue weighted by molar-refractivity contribution is 9.10. The number of carbonyl (C=O) groups is 2. The zero-order valence-corrected chi connectivity index (χ0v) is 17.2. The first-order valence-electron chi connectivity index (χ1n) is 7.96. The Hall–Kier alpha value is -2.78. The van der Waals surface area contributed by atoms with Crippen molar-refractivity contribution in [1.29, 1.82) is 0 Å². The van der Waals surface area contributed by atoms with Crippen LogP contribution in [0.5, 0.6) is 11.5 Å². The first-order chi connectivity index (χ1) is 13.3. The fourth-order valence-corrected chi connectivity index (χ4v) is 3.87. The van der Waals surface area contributed by atoms with Crippen LogP contribution in [0.3, 0.4) is 0 Å². The lowest BCUT2D eigenvalue weighted by Crippen LogP contribution is -2.23. The molecule has 0 radical (unpaired) electrons. The van der Waals surface area contributed by atoms with E-state index < -0.39 is 5.97 Å². The molecule has 0 bridgehead atoms. The van der Waals surface area contributed by atoms with Gasteiger partial charge in [0.1, 0.15) is 0 Å². The number of rotatable bonds is 4. The molecule has 2 N–H and O–H groups in total. The number of aliphatic imine (C=N–C) groups is 1. The fraction of sp³-hybridized carbons (Fsp3) is 0.105. The summed E-state index contributed by atoms with van der Waals surface area (Å²) < 4.78 is 5.58. The third-order valence-corrected chi connectivity index (χ3v) is 5.58. The van der Waals surface area contributed by atoms with E-state index in [1.54, 1.807) is 37.4 Å². The van der Waals surface area contributed by atoms with Gasteiger partial charge in [-0.25, -0.2) is 9.79 Å². The van der Waals surface area contributed by atoms with Gasteiger partial charge in [0.05, 0.1) is 27.7 Å². The van der Waals surface area contributed by atoms with E-state index in [2.05, 4.69) is 20.9 Å². The number of methoxy groups -OCH3 is 1. The van der Waals surface area contributed by atoms with Crippen molar-refractivity contribution in [2.75, 3.05) is 14.2 Å². The number of hydrogen-bond acceptors (Lipinski definition) is 6. The highest BCUT2D eigenvalue weighted by atomic mass is 79.9. The smallest absolute Gasteiger partial charge is 0.335 e. The molecule has 2 aromatic rings. The van der Waals surface area contributed by atoms with Crippen molar-refractivity contribution in [2.45, 2.75) is 0 Å². The number of halogens is 1. The lowest BCUT2D eigenvalue weighted by atomic mass is 10.2. The largest absolute Gasteiger partial charge is 0.503 e. The molecule has 0 aliphatic carbocycles. The van der Waals surface area contributed by atoms with Crippen molar-refractivity contribution in [3.05, 3.63) is 56.9 Å². The van der Waals surface area contributed by atoms with E-state index in [1.165, 1.54) is 35.9 Å². The van der Waals surface area contributed by atoms with Crippen LogP contribution < -0.4 is 4.74 Å². The normalized spacial score (nSPS) is 16.8. The van der Waals surface area contributed by atoms with Crippen molar-refractivity contribution >= 4 is 56.5 Å². The molecule has 1 aliphatic heterocycles. The lowest BCUT2D eigenvalue weighted by molar-refractivity contribution is -0.121. The number of carboxylic acid groups (broad SMARTS) is 1. The predicted octanol–water partition coefficient (Wildman–Crippen LogP) is 4.10. The lowest BCUT2D eigenvalue weighted by Gasteiger charge is -2.07. The maximum Gasteiger partial charge on any atom is 0.335 e. The zero-order valence-electron chi connectivity index (χ0n) is 14.8. The van der Waals surface area contributed by atoms with Gasteiger partial charge in [-0.1, -0.05) is 0 Å². The highest BCUT2D eigenvalue weighted by Gasteiger charge is 2.30. The average Bonchev–Trinajstić information content (AvgIpc) is 2.92. The van der Waals surface area contributed by atoms with E-state index >= 15 is 0 Å². The van der Waals surface area contributed by atoms with Gasteiger partial charge in [-0.3, -0.25) is 9.69 Å². The Labute approximate surface area is 173 Å². The number of hydrogen-bond donors (Lipinski definition) is 2. The quantitative estimate of drug-likeness (QED) is 0.663. The molecule has 1 amide bonds. The van der Waals surface area contributed by atoms with E-state index in [4.69, 9.17) is 9.84 Å². The number of thioether (sulfide) groups is 1. The van der Waals surface area contributed by atoms with E-state index in [1.807, 2.05) is 0 Å². The number of aromatic hydroxyl groups is 1. The molecular weight excluding hydrogens is 448 g/mol. The number of benzene rings is 2. The summed E-state index contributed by atoms with van der Waals surface area (Å²) in [6.07, 6.45) is 1.69. The van der Waals surface area contributed by atoms with Crippen LogP contribution in [0.2, 0.25) is 0 Å². The van der Waals surface area contributed by atoms with Gasteiger partial charge in [-0.05, 0) is 75.7 Å². The summed E-state index contributed by atoms with van der Waals surface area (Å²) in [5.41, 5.74) is 1.39. The molecule has 0 aromatic heterocycles. The molecule has 7 nitrogen and oxygen atoms in total. The molecule has 28 heavy (non-hydrogen) atoms. The highest BCUT2D eigenvalue weighted by Crippen LogP contribution is 2.38. The van der Waals surface area contributed by atoms with Crippen molar-refractivity contribution in [1.82, 2.24) is 4.90 Å². The Morgan fingerprint density at radius 2 is 1.96 bits per heavy atom. The van der Waals surface area contributed by atoms with Gasteiger partial charge < -0.3 is 14.9 Å². The summed E-state index contributed by atoms with van der Waals surface area (Å²) in [7, 11) is 3.07. The first kappa shape index (κ1) is 20.0. The summed E-state index contributed by atoms with van der Waals surface area (Å²) >= 11 is 4.46. The Bertz CT molecular complexity index is 1020. The van der Waals surface area contributed by atoms with Crippen LogP contribution in [0.4, 0.5) is 5.69 Å².